The molecule has 2 atom stereocenters. The Labute approximate surface area is 189 Å². The van der Waals surface area contributed by atoms with Gasteiger partial charge in [0, 0.05) is 37.1 Å². The summed E-state index contributed by atoms with van der Waals surface area (Å²) in [6.07, 6.45) is 6.38. The Kier molecular flexibility index (Phi) is 11.2. The quantitative estimate of drug-likeness (QED) is 0.515. The van der Waals surface area contributed by atoms with Crippen LogP contribution in [0.3, 0.4) is 0 Å². The van der Waals surface area contributed by atoms with Crippen molar-refractivity contribution in [2.45, 2.75) is 32.4 Å². The summed E-state index contributed by atoms with van der Waals surface area (Å²) in [4.78, 5) is 28.5. The molecule has 30 heavy (non-hydrogen) atoms. The maximum absolute atomic E-state index is 12.4. The molecule has 1 aromatic heterocycles. The Balaban J connectivity index is 0.00000225. The van der Waals surface area contributed by atoms with Crippen LogP contribution in [0.25, 0.3) is 0 Å². The molecule has 0 aliphatic heterocycles. The first-order chi connectivity index (χ1) is 13.7. The maximum Gasteiger partial charge on any atom is 0.319 e. The van der Waals surface area contributed by atoms with Crippen LogP contribution in [0.5, 0.6) is 0 Å². The van der Waals surface area contributed by atoms with E-state index in [-0.39, 0.29) is 48.6 Å². The van der Waals surface area contributed by atoms with Gasteiger partial charge >= 0.3 is 6.03 Å². The van der Waals surface area contributed by atoms with E-state index in [0.29, 0.717) is 25.3 Å². The minimum atomic E-state index is -0.283. The van der Waals surface area contributed by atoms with E-state index in [0.717, 1.165) is 30.4 Å². The summed E-state index contributed by atoms with van der Waals surface area (Å²) in [5.74, 6) is 0.378. The Morgan fingerprint density at radius 1 is 1.00 bits per heavy atom. The lowest BCUT2D eigenvalue weighted by molar-refractivity contribution is -0.126. The van der Waals surface area contributed by atoms with Crippen molar-refractivity contribution in [3.8, 4) is 0 Å². The highest BCUT2D eigenvalue weighted by atomic mass is 35.5. The molecular formula is C21H29Cl2N5O2. The summed E-state index contributed by atoms with van der Waals surface area (Å²) in [5.41, 5.74) is 8.36. The van der Waals surface area contributed by atoms with E-state index in [1.807, 2.05) is 36.4 Å². The van der Waals surface area contributed by atoms with Crippen molar-refractivity contribution < 1.29 is 9.59 Å². The van der Waals surface area contributed by atoms with Crippen LogP contribution < -0.4 is 21.7 Å². The minimum Gasteiger partial charge on any atom is -0.352 e. The summed E-state index contributed by atoms with van der Waals surface area (Å²) < 4.78 is 0. The zero-order valence-electron chi connectivity index (χ0n) is 16.7. The van der Waals surface area contributed by atoms with Gasteiger partial charge < -0.3 is 21.7 Å². The van der Waals surface area contributed by atoms with Crippen molar-refractivity contribution in [1.29, 1.82) is 0 Å². The van der Waals surface area contributed by atoms with Gasteiger partial charge in [0.2, 0.25) is 5.91 Å². The summed E-state index contributed by atoms with van der Waals surface area (Å²) in [7, 11) is 0. The number of carbonyl (C=O) groups is 2. The SMILES string of the molecule is Cl.Cl.NC[C@H]1CCC[C@H]1C(=O)NCc1cccc(NC(=O)NCc2ccncc2)c1. The van der Waals surface area contributed by atoms with Gasteiger partial charge in [-0.15, -0.1) is 24.8 Å². The van der Waals surface area contributed by atoms with Crippen LogP contribution in [0.1, 0.15) is 30.4 Å². The number of amides is 3. The predicted octanol–water partition coefficient (Wildman–Crippen LogP) is 3.24. The van der Waals surface area contributed by atoms with Crippen LogP contribution in [0, 0.1) is 11.8 Å². The van der Waals surface area contributed by atoms with Gasteiger partial charge in [-0.05, 0) is 60.7 Å². The molecule has 0 unspecified atom stereocenters. The van der Waals surface area contributed by atoms with Gasteiger partial charge in [-0.1, -0.05) is 18.6 Å². The van der Waals surface area contributed by atoms with Gasteiger partial charge in [0.25, 0.3) is 0 Å². The third-order valence-corrected chi connectivity index (χ3v) is 5.15. The Morgan fingerprint density at radius 2 is 1.73 bits per heavy atom. The average Bonchev–Trinajstić information content (AvgIpc) is 3.20. The first-order valence-electron chi connectivity index (χ1n) is 9.66. The molecule has 0 spiro atoms. The van der Waals surface area contributed by atoms with Crippen molar-refractivity contribution in [3.63, 3.8) is 0 Å². The van der Waals surface area contributed by atoms with Crippen molar-refractivity contribution in [1.82, 2.24) is 15.6 Å². The van der Waals surface area contributed by atoms with Crippen LogP contribution >= 0.6 is 24.8 Å². The fourth-order valence-electron chi connectivity index (χ4n) is 3.60. The molecular weight excluding hydrogens is 425 g/mol. The largest absolute Gasteiger partial charge is 0.352 e. The maximum atomic E-state index is 12.4. The molecule has 1 aliphatic carbocycles. The number of pyridine rings is 1. The first-order valence-corrected chi connectivity index (χ1v) is 9.66. The van der Waals surface area contributed by atoms with Crippen LogP contribution in [0.2, 0.25) is 0 Å². The molecule has 3 rings (SSSR count). The Hall–Kier alpha value is -2.35. The molecule has 2 aromatic rings. The second-order valence-corrected chi connectivity index (χ2v) is 7.11. The summed E-state index contributed by atoms with van der Waals surface area (Å²) in [6.45, 7) is 1.42. The van der Waals surface area contributed by atoms with Crippen LogP contribution in [-0.4, -0.2) is 23.5 Å². The van der Waals surface area contributed by atoms with E-state index in [2.05, 4.69) is 20.9 Å². The Bertz CT molecular complexity index is 807. The molecule has 1 heterocycles. The van der Waals surface area contributed by atoms with Gasteiger partial charge in [-0.3, -0.25) is 9.78 Å². The molecule has 9 heteroatoms. The molecule has 1 saturated carbocycles. The van der Waals surface area contributed by atoms with E-state index < -0.39 is 0 Å². The number of nitrogens with zero attached hydrogens (tertiary/aromatic N) is 1. The smallest absolute Gasteiger partial charge is 0.319 e. The lowest BCUT2D eigenvalue weighted by atomic mass is 9.95. The lowest BCUT2D eigenvalue weighted by Crippen LogP contribution is -2.34. The highest BCUT2D eigenvalue weighted by Gasteiger charge is 2.31. The molecule has 5 N–H and O–H groups in total. The number of anilines is 1. The molecule has 0 saturated heterocycles. The molecule has 1 fully saturated rings. The first kappa shape index (κ1) is 25.7. The zero-order valence-corrected chi connectivity index (χ0v) is 18.3. The number of hydrogen-bond acceptors (Lipinski definition) is 4. The van der Waals surface area contributed by atoms with Crippen molar-refractivity contribution in [3.05, 3.63) is 59.9 Å². The second kappa shape index (κ2) is 13.1. The number of urea groups is 1. The monoisotopic (exact) mass is 453 g/mol. The third-order valence-electron chi connectivity index (χ3n) is 5.15. The minimum absolute atomic E-state index is 0. The van der Waals surface area contributed by atoms with Gasteiger partial charge in [-0.25, -0.2) is 4.79 Å². The molecule has 0 radical (unpaired) electrons. The summed E-state index contributed by atoms with van der Waals surface area (Å²) >= 11 is 0. The predicted molar refractivity (Wildman–Crippen MR) is 123 cm³/mol. The second-order valence-electron chi connectivity index (χ2n) is 7.11. The van der Waals surface area contributed by atoms with Gasteiger partial charge in [0.05, 0.1) is 0 Å². The summed E-state index contributed by atoms with van der Waals surface area (Å²) in [6, 6.07) is 10.9. The number of halogens is 2. The molecule has 3 amide bonds. The standard InChI is InChI=1S/C21H27N5O2.2ClH/c22-12-17-4-2-6-19(17)20(27)24-14-16-3-1-5-18(11-16)26-21(28)25-13-15-7-9-23-10-8-15;;/h1,3,5,7-11,17,19H,2,4,6,12-14,22H2,(H,24,27)(H2,25,26,28);2*1H/t17-,19-;;/m1../s1. The fourth-order valence-corrected chi connectivity index (χ4v) is 3.60. The Morgan fingerprint density at radius 3 is 2.47 bits per heavy atom. The molecule has 7 nitrogen and oxygen atoms in total. The van der Waals surface area contributed by atoms with E-state index in [1.165, 1.54) is 0 Å². The number of benzene rings is 1. The molecule has 0 bridgehead atoms. The number of carbonyl (C=O) groups excluding carboxylic acids is 2. The van der Waals surface area contributed by atoms with Crippen molar-refractivity contribution in [2.24, 2.45) is 17.6 Å². The van der Waals surface area contributed by atoms with E-state index in [4.69, 9.17) is 5.73 Å². The highest BCUT2D eigenvalue weighted by molar-refractivity contribution is 5.89. The lowest BCUT2D eigenvalue weighted by Gasteiger charge is -2.17. The fraction of sp³-hybridized carbons (Fsp3) is 0.381. The van der Waals surface area contributed by atoms with E-state index in [1.54, 1.807) is 12.4 Å². The normalized spacial score (nSPS) is 17.2. The summed E-state index contributed by atoms with van der Waals surface area (Å²) in [5, 5.41) is 8.63. The molecule has 1 aromatic carbocycles. The number of nitrogens with one attached hydrogen (secondary N) is 3. The highest BCUT2D eigenvalue weighted by Crippen LogP contribution is 2.31. The van der Waals surface area contributed by atoms with E-state index in [9.17, 15) is 9.59 Å². The average molecular weight is 454 g/mol. The van der Waals surface area contributed by atoms with Crippen LogP contribution in [0.4, 0.5) is 10.5 Å². The van der Waals surface area contributed by atoms with Crippen LogP contribution in [-0.2, 0) is 17.9 Å². The van der Waals surface area contributed by atoms with Crippen LogP contribution in [0.15, 0.2) is 48.8 Å². The van der Waals surface area contributed by atoms with Crippen molar-refractivity contribution >= 4 is 42.4 Å². The van der Waals surface area contributed by atoms with Gasteiger partial charge in [0.1, 0.15) is 0 Å². The number of hydrogen-bond donors (Lipinski definition) is 4. The molecule has 164 valence electrons. The molecule has 1 aliphatic rings. The number of rotatable bonds is 7. The number of aromatic nitrogens is 1. The van der Waals surface area contributed by atoms with Gasteiger partial charge in [0.15, 0.2) is 0 Å². The zero-order chi connectivity index (χ0) is 19.8. The topological polar surface area (TPSA) is 109 Å². The third kappa shape index (κ3) is 7.48. The van der Waals surface area contributed by atoms with Gasteiger partial charge in [-0.2, -0.15) is 0 Å². The number of nitrogens with two attached hydrogens (primary N) is 1. The van der Waals surface area contributed by atoms with Crippen molar-refractivity contribution in [2.75, 3.05) is 11.9 Å². The van der Waals surface area contributed by atoms with E-state index >= 15 is 0 Å².